The maximum atomic E-state index is 5.08. The summed E-state index contributed by atoms with van der Waals surface area (Å²) >= 11 is 1.74. The van der Waals surface area contributed by atoms with Crippen molar-refractivity contribution in [3.8, 4) is 0 Å². The van der Waals surface area contributed by atoms with Crippen molar-refractivity contribution in [1.82, 2.24) is 20.2 Å². The van der Waals surface area contributed by atoms with Gasteiger partial charge in [-0.05, 0) is 56.1 Å². The zero-order valence-electron chi connectivity index (χ0n) is 18.3. The third-order valence-electron chi connectivity index (χ3n) is 5.81. The van der Waals surface area contributed by atoms with E-state index in [4.69, 9.17) is 4.99 Å². The van der Waals surface area contributed by atoms with Gasteiger partial charge in [0, 0.05) is 67.5 Å². The van der Waals surface area contributed by atoms with E-state index in [0.29, 0.717) is 5.92 Å². The van der Waals surface area contributed by atoms with Gasteiger partial charge in [0.05, 0.1) is 12.2 Å². The van der Waals surface area contributed by atoms with Gasteiger partial charge in [-0.2, -0.15) is 0 Å². The molecule has 7 heteroatoms. The summed E-state index contributed by atoms with van der Waals surface area (Å²) in [6, 6.07) is 4.08. The fraction of sp³-hybridized carbons (Fsp3) is 0.417. The molecule has 0 saturated carbocycles. The number of nitrogens with zero attached hydrogens (tertiary/aromatic N) is 5. The molecular weight excluding hydrogens is 404 g/mol. The molecule has 0 spiro atoms. The lowest BCUT2D eigenvalue weighted by Gasteiger charge is -2.32. The summed E-state index contributed by atoms with van der Waals surface area (Å²) in [5.41, 5.74) is 5.85. The van der Waals surface area contributed by atoms with Gasteiger partial charge in [-0.1, -0.05) is 6.07 Å². The molecule has 0 aromatic carbocycles. The fourth-order valence-electron chi connectivity index (χ4n) is 4.08. The van der Waals surface area contributed by atoms with E-state index in [1.54, 1.807) is 11.3 Å². The minimum atomic E-state index is 0.490. The molecule has 6 nitrogen and oxygen atoms in total. The molecule has 0 atom stereocenters. The second-order valence-corrected chi connectivity index (χ2v) is 9.07. The summed E-state index contributed by atoms with van der Waals surface area (Å²) in [5, 5.41) is 6.88. The number of nitrogens with one attached hydrogen (secondary N) is 1. The highest BCUT2D eigenvalue weighted by Crippen LogP contribution is 2.28. The highest BCUT2D eigenvalue weighted by atomic mass is 32.1. The van der Waals surface area contributed by atoms with E-state index in [1.807, 2.05) is 37.9 Å². The van der Waals surface area contributed by atoms with E-state index in [0.717, 1.165) is 56.7 Å². The Morgan fingerprint density at radius 3 is 2.90 bits per heavy atom. The number of dihydropyridines is 1. The molecule has 1 saturated heterocycles. The molecule has 2 aliphatic heterocycles. The molecule has 0 unspecified atom stereocenters. The van der Waals surface area contributed by atoms with Gasteiger partial charge in [0.15, 0.2) is 0 Å². The van der Waals surface area contributed by atoms with Gasteiger partial charge in [-0.3, -0.25) is 19.9 Å². The Labute approximate surface area is 188 Å². The van der Waals surface area contributed by atoms with Crippen LogP contribution in [0.4, 0.5) is 0 Å². The van der Waals surface area contributed by atoms with Crippen LogP contribution in [0.2, 0.25) is 0 Å². The Balaban J connectivity index is 1.45. The summed E-state index contributed by atoms with van der Waals surface area (Å²) in [6.45, 7) is 6.01. The van der Waals surface area contributed by atoms with E-state index >= 15 is 0 Å². The van der Waals surface area contributed by atoms with Crippen molar-refractivity contribution in [1.29, 1.82) is 0 Å². The molecule has 0 radical (unpaired) electrons. The molecule has 1 fully saturated rings. The monoisotopic (exact) mass is 434 g/mol. The molecule has 31 heavy (non-hydrogen) atoms. The Morgan fingerprint density at radius 2 is 2.19 bits per heavy atom. The molecule has 2 aromatic rings. The summed E-state index contributed by atoms with van der Waals surface area (Å²) in [5.74, 6) is 0.490. The van der Waals surface area contributed by atoms with E-state index in [-0.39, 0.29) is 0 Å². The Morgan fingerprint density at radius 1 is 1.32 bits per heavy atom. The van der Waals surface area contributed by atoms with E-state index in [2.05, 4.69) is 49.6 Å². The second kappa shape index (κ2) is 10.6. The molecular formula is C24H30N6S. The summed E-state index contributed by atoms with van der Waals surface area (Å²) in [6.07, 6.45) is 12.9. The zero-order valence-corrected chi connectivity index (χ0v) is 19.1. The van der Waals surface area contributed by atoms with Crippen LogP contribution in [0.5, 0.6) is 0 Å². The van der Waals surface area contributed by atoms with Gasteiger partial charge in [0.1, 0.15) is 5.01 Å². The van der Waals surface area contributed by atoms with Gasteiger partial charge in [-0.15, -0.1) is 11.3 Å². The molecule has 4 rings (SSSR count). The largest absolute Gasteiger partial charge is 0.384 e. The number of thiazole rings is 1. The van der Waals surface area contributed by atoms with Crippen molar-refractivity contribution in [3.63, 3.8) is 0 Å². The minimum absolute atomic E-state index is 0.490. The van der Waals surface area contributed by atoms with Crippen LogP contribution in [-0.2, 0) is 13.1 Å². The van der Waals surface area contributed by atoms with Gasteiger partial charge in [-0.25, -0.2) is 4.98 Å². The van der Waals surface area contributed by atoms with Crippen molar-refractivity contribution in [2.75, 3.05) is 20.1 Å². The normalized spacial score (nSPS) is 19.9. The van der Waals surface area contributed by atoms with Crippen molar-refractivity contribution in [2.24, 2.45) is 15.9 Å². The van der Waals surface area contributed by atoms with Crippen LogP contribution in [0.1, 0.15) is 36.8 Å². The number of allylic oxidation sites excluding steroid dienone is 2. The van der Waals surface area contributed by atoms with Gasteiger partial charge in [0.2, 0.25) is 0 Å². The predicted octanol–water partition coefficient (Wildman–Crippen LogP) is 4.24. The number of aliphatic imine (C=N–C) groups is 2. The highest BCUT2D eigenvalue weighted by molar-refractivity contribution is 7.09. The average molecular weight is 435 g/mol. The van der Waals surface area contributed by atoms with Crippen LogP contribution in [0.15, 0.2) is 69.1 Å². The first-order valence-electron chi connectivity index (χ1n) is 10.9. The summed E-state index contributed by atoms with van der Waals surface area (Å²) in [4.78, 5) is 20.4. The zero-order chi connectivity index (χ0) is 21.5. The third-order valence-corrected chi connectivity index (χ3v) is 6.58. The topological polar surface area (TPSA) is 65.8 Å². The van der Waals surface area contributed by atoms with Crippen molar-refractivity contribution in [3.05, 3.63) is 69.7 Å². The Bertz CT molecular complexity index is 967. The van der Waals surface area contributed by atoms with Crippen LogP contribution in [0.25, 0.3) is 0 Å². The Kier molecular flexibility index (Phi) is 7.38. The summed E-state index contributed by atoms with van der Waals surface area (Å²) < 4.78 is 0. The van der Waals surface area contributed by atoms with Crippen molar-refractivity contribution < 1.29 is 0 Å². The van der Waals surface area contributed by atoms with Crippen LogP contribution >= 0.6 is 11.3 Å². The lowest BCUT2D eigenvalue weighted by molar-refractivity contribution is 0.202. The lowest BCUT2D eigenvalue weighted by Crippen LogP contribution is -2.36. The number of piperidine rings is 1. The molecule has 2 aliphatic rings. The predicted molar refractivity (Wildman–Crippen MR) is 128 cm³/mol. The van der Waals surface area contributed by atoms with Crippen molar-refractivity contribution >= 4 is 23.3 Å². The van der Waals surface area contributed by atoms with E-state index in [1.165, 1.54) is 22.0 Å². The van der Waals surface area contributed by atoms with Crippen LogP contribution in [0.3, 0.4) is 0 Å². The molecule has 0 bridgehead atoms. The second-order valence-electron chi connectivity index (χ2n) is 8.09. The third kappa shape index (κ3) is 5.95. The van der Waals surface area contributed by atoms with Gasteiger partial charge < -0.3 is 5.32 Å². The van der Waals surface area contributed by atoms with Crippen LogP contribution in [0, 0.1) is 5.92 Å². The first kappa shape index (κ1) is 21.6. The lowest BCUT2D eigenvalue weighted by atomic mass is 9.89. The SMILES string of the molecule is CN=C/C(C)=C1\CC(NCc2cccnc2)=CC(C2CCN(Cc3nccs3)CC2)=N1. The average Bonchev–Trinajstić information content (AvgIpc) is 3.32. The molecule has 1 N–H and O–H groups in total. The first-order chi connectivity index (χ1) is 15.2. The summed E-state index contributed by atoms with van der Waals surface area (Å²) in [7, 11) is 1.81. The van der Waals surface area contributed by atoms with Gasteiger partial charge in [0.25, 0.3) is 0 Å². The highest BCUT2D eigenvalue weighted by Gasteiger charge is 2.25. The number of pyridine rings is 1. The first-order valence-corrected chi connectivity index (χ1v) is 11.7. The maximum Gasteiger partial charge on any atom is 0.107 e. The quantitative estimate of drug-likeness (QED) is 0.662. The van der Waals surface area contributed by atoms with Crippen LogP contribution < -0.4 is 5.32 Å². The fourth-order valence-corrected chi connectivity index (χ4v) is 4.74. The Hall–Kier alpha value is -2.64. The number of aromatic nitrogens is 2. The van der Waals surface area contributed by atoms with Gasteiger partial charge >= 0.3 is 0 Å². The van der Waals surface area contributed by atoms with E-state index < -0.39 is 0 Å². The standard InChI is InChI=1S/C24H30N6S/c1-18(14-25-2)22-12-21(28-16-19-4-3-7-26-15-19)13-23(29-22)20-5-9-30(10-6-20)17-24-27-8-11-31-24/h3-4,7-8,11,13-15,20,28H,5-6,9-10,12,16-17H2,1-2H3/b22-18+,25-14?. The van der Waals surface area contributed by atoms with Crippen molar-refractivity contribution in [2.45, 2.75) is 39.3 Å². The molecule has 2 aromatic heterocycles. The van der Waals surface area contributed by atoms with E-state index in [9.17, 15) is 0 Å². The minimum Gasteiger partial charge on any atom is -0.384 e. The molecule has 0 amide bonds. The number of hydrogen-bond acceptors (Lipinski definition) is 7. The number of hydrogen-bond donors (Lipinski definition) is 1. The maximum absolute atomic E-state index is 5.08. The number of rotatable bonds is 7. The molecule has 162 valence electrons. The van der Waals surface area contributed by atoms with Crippen LogP contribution in [-0.4, -0.2) is 46.9 Å². The number of likely N-dealkylation sites (tertiary alicyclic amines) is 1. The molecule has 0 aliphatic carbocycles. The molecule has 4 heterocycles. The smallest absolute Gasteiger partial charge is 0.107 e.